The van der Waals surface area contributed by atoms with Crippen molar-refractivity contribution in [2.75, 3.05) is 32.8 Å². The number of hydrogen-bond donors (Lipinski definition) is 1. The quantitative estimate of drug-likeness (QED) is 0.933. The monoisotopic (exact) mass is 327 g/mol. The summed E-state index contributed by atoms with van der Waals surface area (Å²) in [4.78, 5) is 2.44. The number of rotatable bonds is 4. The average Bonchev–Trinajstić information content (AvgIpc) is 3.06. The number of para-hydroxylation sites is 1. The van der Waals surface area contributed by atoms with Crippen LogP contribution in [0.15, 0.2) is 36.5 Å². The summed E-state index contributed by atoms with van der Waals surface area (Å²) in [5, 5.41) is 15.2. The lowest BCUT2D eigenvalue weighted by Crippen LogP contribution is -2.38. The van der Waals surface area contributed by atoms with Gasteiger partial charge in [-0.05, 0) is 43.5 Å². The van der Waals surface area contributed by atoms with E-state index in [1.54, 1.807) is 0 Å². The minimum atomic E-state index is -0.257. The lowest BCUT2D eigenvalue weighted by atomic mass is 9.82. The van der Waals surface area contributed by atoms with Crippen LogP contribution in [0.4, 0.5) is 0 Å². The highest BCUT2D eigenvalue weighted by atomic mass is 16.5. The summed E-state index contributed by atoms with van der Waals surface area (Å²) in [6.07, 6.45) is 4.40. The first-order valence-electron chi connectivity index (χ1n) is 8.93. The first-order chi connectivity index (χ1) is 11.8. The molecule has 2 aromatic rings. The Morgan fingerprint density at radius 3 is 2.75 bits per heavy atom. The molecule has 1 saturated heterocycles. The molecular weight excluding hydrogens is 302 g/mol. The van der Waals surface area contributed by atoms with Crippen LogP contribution in [0, 0.1) is 0 Å². The molecule has 1 aromatic heterocycles. The summed E-state index contributed by atoms with van der Waals surface area (Å²) in [5.41, 5.74) is 3.59. The van der Waals surface area contributed by atoms with Gasteiger partial charge in [0.25, 0.3) is 0 Å². The van der Waals surface area contributed by atoms with Crippen LogP contribution in [-0.4, -0.2) is 58.7 Å². The van der Waals surface area contributed by atoms with Crippen molar-refractivity contribution in [3.63, 3.8) is 0 Å². The Kier molecular flexibility index (Phi) is 4.65. The molecule has 2 unspecified atom stereocenters. The smallest absolute Gasteiger partial charge is 0.0648 e. The normalized spacial score (nSPS) is 24.7. The molecule has 5 heteroatoms. The van der Waals surface area contributed by atoms with E-state index in [1.807, 2.05) is 29.1 Å². The van der Waals surface area contributed by atoms with E-state index in [0.29, 0.717) is 0 Å². The van der Waals surface area contributed by atoms with Gasteiger partial charge in [0.2, 0.25) is 0 Å². The maximum Gasteiger partial charge on any atom is 0.0648 e. The second-order valence-corrected chi connectivity index (χ2v) is 6.75. The van der Waals surface area contributed by atoms with E-state index < -0.39 is 0 Å². The topological polar surface area (TPSA) is 50.5 Å². The van der Waals surface area contributed by atoms with Crippen molar-refractivity contribution in [2.24, 2.45) is 0 Å². The first-order valence-corrected chi connectivity index (χ1v) is 8.93. The highest BCUT2D eigenvalue weighted by molar-refractivity contribution is 5.37. The van der Waals surface area contributed by atoms with Gasteiger partial charge in [-0.25, -0.2) is 4.68 Å². The highest BCUT2D eigenvalue weighted by Crippen LogP contribution is 2.35. The molecule has 1 aliphatic heterocycles. The van der Waals surface area contributed by atoms with E-state index in [9.17, 15) is 5.11 Å². The molecule has 2 atom stereocenters. The third-order valence-electron chi connectivity index (χ3n) is 5.30. The number of morpholine rings is 1. The zero-order chi connectivity index (χ0) is 16.4. The van der Waals surface area contributed by atoms with Gasteiger partial charge in [-0.3, -0.25) is 4.90 Å². The van der Waals surface area contributed by atoms with Gasteiger partial charge >= 0.3 is 0 Å². The summed E-state index contributed by atoms with van der Waals surface area (Å²) >= 11 is 0. The second-order valence-electron chi connectivity index (χ2n) is 6.75. The van der Waals surface area contributed by atoms with Crippen LogP contribution in [-0.2, 0) is 11.2 Å². The van der Waals surface area contributed by atoms with Crippen molar-refractivity contribution in [3.8, 4) is 5.69 Å². The second kappa shape index (κ2) is 7.05. The average molecular weight is 327 g/mol. The molecular formula is C19H25N3O2. The summed E-state index contributed by atoms with van der Waals surface area (Å²) < 4.78 is 7.46. The Hall–Kier alpha value is -1.69. The van der Waals surface area contributed by atoms with Crippen LogP contribution in [0.2, 0.25) is 0 Å². The van der Waals surface area contributed by atoms with Gasteiger partial charge in [-0.2, -0.15) is 5.10 Å². The largest absolute Gasteiger partial charge is 0.392 e. The number of hydrogen-bond acceptors (Lipinski definition) is 4. The number of aliphatic hydroxyl groups is 1. The molecule has 1 aromatic carbocycles. The molecule has 1 N–H and O–H groups in total. The summed E-state index contributed by atoms with van der Waals surface area (Å²) in [7, 11) is 0. The van der Waals surface area contributed by atoms with Crippen molar-refractivity contribution < 1.29 is 9.84 Å². The van der Waals surface area contributed by atoms with E-state index >= 15 is 0 Å². The number of aromatic nitrogens is 2. The number of nitrogens with zero attached hydrogens (tertiary/aromatic N) is 3. The fourth-order valence-electron chi connectivity index (χ4n) is 3.93. The Balaban J connectivity index is 1.53. The van der Waals surface area contributed by atoms with E-state index in [-0.39, 0.29) is 12.0 Å². The SMILES string of the molecule is OC1CCc2c(cnn2-c2ccccc2)C1CCN1CCOCC1. The molecule has 0 amide bonds. The molecule has 0 bridgehead atoms. The van der Waals surface area contributed by atoms with Crippen LogP contribution in [0.25, 0.3) is 5.69 Å². The minimum absolute atomic E-state index is 0.189. The molecule has 0 saturated carbocycles. The van der Waals surface area contributed by atoms with Gasteiger partial charge in [0.1, 0.15) is 0 Å². The number of aliphatic hydroxyl groups excluding tert-OH is 1. The van der Waals surface area contributed by atoms with Crippen molar-refractivity contribution in [1.29, 1.82) is 0 Å². The van der Waals surface area contributed by atoms with E-state index in [1.165, 1.54) is 11.3 Å². The van der Waals surface area contributed by atoms with Crippen LogP contribution in [0.1, 0.15) is 30.0 Å². The Morgan fingerprint density at radius 1 is 1.17 bits per heavy atom. The fraction of sp³-hybridized carbons (Fsp3) is 0.526. The molecule has 0 spiro atoms. The third-order valence-corrected chi connectivity index (χ3v) is 5.30. The van der Waals surface area contributed by atoms with E-state index in [2.05, 4.69) is 22.1 Å². The minimum Gasteiger partial charge on any atom is -0.392 e. The third kappa shape index (κ3) is 3.11. The molecule has 2 aliphatic rings. The van der Waals surface area contributed by atoms with E-state index in [4.69, 9.17) is 4.74 Å². The van der Waals surface area contributed by atoms with Gasteiger partial charge in [-0.15, -0.1) is 0 Å². The Morgan fingerprint density at radius 2 is 1.96 bits per heavy atom. The first kappa shape index (κ1) is 15.8. The summed E-state index contributed by atoms with van der Waals surface area (Å²) in [6.45, 7) is 4.66. The van der Waals surface area contributed by atoms with Gasteiger partial charge in [-0.1, -0.05) is 18.2 Å². The highest BCUT2D eigenvalue weighted by Gasteiger charge is 2.31. The van der Waals surface area contributed by atoms with Crippen LogP contribution in [0.3, 0.4) is 0 Å². The van der Waals surface area contributed by atoms with Gasteiger partial charge in [0.05, 0.1) is 31.2 Å². The van der Waals surface area contributed by atoms with Gasteiger partial charge in [0.15, 0.2) is 0 Å². The molecule has 2 heterocycles. The van der Waals surface area contributed by atoms with E-state index in [0.717, 1.165) is 57.8 Å². The molecule has 4 rings (SSSR count). The fourth-order valence-corrected chi connectivity index (χ4v) is 3.93. The lowest BCUT2D eigenvalue weighted by molar-refractivity contribution is 0.0325. The standard InChI is InChI=1S/C19H25N3O2/c23-19-7-6-18-17(14-20-22(18)15-4-2-1-3-5-15)16(19)8-9-21-10-12-24-13-11-21/h1-5,14,16,19,23H,6-13H2. The molecule has 0 radical (unpaired) electrons. The predicted molar refractivity (Wildman–Crippen MR) is 92.5 cm³/mol. The van der Waals surface area contributed by atoms with Crippen LogP contribution in [0.5, 0.6) is 0 Å². The van der Waals surface area contributed by atoms with Crippen LogP contribution < -0.4 is 0 Å². The van der Waals surface area contributed by atoms with Gasteiger partial charge in [0, 0.05) is 24.7 Å². The zero-order valence-electron chi connectivity index (χ0n) is 14.0. The number of ether oxygens (including phenoxy) is 1. The Bertz CT molecular complexity index is 665. The maximum atomic E-state index is 10.5. The van der Waals surface area contributed by atoms with Gasteiger partial charge < -0.3 is 9.84 Å². The molecule has 128 valence electrons. The maximum absolute atomic E-state index is 10.5. The molecule has 1 fully saturated rings. The number of fused-ring (bicyclic) bond motifs is 1. The van der Waals surface area contributed by atoms with Crippen LogP contribution >= 0.6 is 0 Å². The summed E-state index contributed by atoms with van der Waals surface area (Å²) in [5.74, 6) is 0.189. The Labute approximate surface area is 142 Å². The lowest BCUT2D eigenvalue weighted by Gasteiger charge is -2.32. The summed E-state index contributed by atoms with van der Waals surface area (Å²) in [6, 6.07) is 10.3. The zero-order valence-corrected chi connectivity index (χ0v) is 14.0. The van der Waals surface area contributed by atoms with Crippen molar-refractivity contribution in [1.82, 2.24) is 14.7 Å². The molecule has 24 heavy (non-hydrogen) atoms. The van der Waals surface area contributed by atoms with Crippen molar-refractivity contribution in [2.45, 2.75) is 31.3 Å². The predicted octanol–water partition coefficient (Wildman–Crippen LogP) is 1.99. The van der Waals surface area contributed by atoms with Crippen molar-refractivity contribution in [3.05, 3.63) is 47.8 Å². The molecule has 1 aliphatic carbocycles. The number of benzene rings is 1. The molecule has 5 nitrogen and oxygen atoms in total. The van der Waals surface area contributed by atoms with Crippen molar-refractivity contribution >= 4 is 0 Å².